The number of amides is 2. The molecule has 0 bridgehead atoms. The van der Waals surface area contributed by atoms with E-state index >= 15 is 0 Å². The molecule has 1 aromatic rings. The molecule has 4 atom stereocenters. The van der Waals surface area contributed by atoms with Crippen molar-refractivity contribution in [2.45, 2.75) is 185 Å². The molecule has 0 heterocycles. The molecule has 0 saturated carbocycles. The van der Waals surface area contributed by atoms with Crippen LogP contribution in [0.3, 0.4) is 0 Å². The maximum atomic E-state index is 13.1. The van der Waals surface area contributed by atoms with Crippen LogP contribution in [0.4, 0.5) is 9.18 Å². The van der Waals surface area contributed by atoms with Crippen LogP contribution in [0.25, 0.3) is 0 Å². The second-order valence-corrected chi connectivity index (χ2v) is 14.4. The number of aliphatic hydroxyl groups is 2. The van der Waals surface area contributed by atoms with Crippen molar-refractivity contribution in [3.05, 3.63) is 53.9 Å². The van der Waals surface area contributed by atoms with Crippen LogP contribution in [0.15, 0.2) is 48.3 Å². The van der Waals surface area contributed by atoms with Crippen LogP contribution >= 0.6 is 0 Å². The summed E-state index contributed by atoms with van der Waals surface area (Å²) in [5.41, 5.74) is 6.41. The van der Waals surface area contributed by atoms with Crippen LogP contribution in [0.2, 0.25) is 0 Å². The number of benzene rings is 1. The fourth-order valence-corrected chi connectivity index (χ4v) is 6.56. The number of nitrogens with two attached hydrogens (primary N) is 1. The Morgan fingerprint density at radius 1 is 0.824 bits per heavy atom. The molecular formula is C42H69FN2O6. The Morgan fingerprint density at radius 2 is 1.37 bits per heavy atom. The van der Waals surface area contributed by atoms with Crippen LogP contribution < -0.4 is 15.8 Å². The highest BCUT2D eigenvalue weighted by Crippen LogP contribution is 2.21. The summed E-state index contributed by atoms with van der Waals surface area (Å²) in [5.74, 6) is 0.359. The zero-order valence-corrected chi connectivity index (χ0v) is 31.5. The van der Waals surface area contributed by atoms with Gasteiger partial charge in [0, 0.05) is 12.8 Å². The zero-order chi connectivity index (χ0) is 36.9. The number of unbranched alkanes of at least 4 members (excludes halogenated alkanes) is 18. The van der Waals surface area contributed by atoms with Gasteiger partial charge in [-0.25, -0.2) is 9.18 Å². The number of halogens is 1. The van der Waals surface area contributed by atoms with Gasteiger partial charge in [0.1, 0.15) is 30.4 Å². The van der Waals surface area contributed by atoms with E-state index in [1.165, 1.54) is 88.7 Å². The highest BCUT2D eigenvalue weighted by atomic mass is 19.1. The minimum Gasteiger partial charge on any atom is -0.486 e. The molecular weight excluding hydrogens is 647 g/mol. The maximum absolute atomic E-state index is 13.1. The minimum absolute atomic E-state index is 0.118. The van der Waals surface area contributed by atoms with Crippen molar-refractivity contribution in [2.24, 2.45) is 5.73 Å². The summed E-state index contributed by atoms with van der Waals surface area (Å²) in [7, 11) is 0. The van der Waals surface area contributed by atoms with Gasteiger partial charge >= 0.3 is 6.09 Å². The highest BCUT2D eigenvalue weighted by Gasteiger charge is 2.28. The van der Waals surface area contributed by atoms with Gasteiger partial charge in [0.25, 0.3) is 0 Å². The van der Waals surface area contributed by atoms with Gasteiger partial charge in [0.2, 0.25) is 5.91 Å². The predicted octanol–water partition coefficient (Wildman–Crippen LogP) is 9.69. The standard InChI is InChI=1S/C42H69FN2O6/c1-2-3-4-5-6-7-8-9-10-14-17-20-23-39(46)41(48)38(33-50-42(44)49)45-40(47)24-21-18-15-12-11-13-16-19-22-34-25-29-36(30-26-34)51-37-31-27-35(43)28-32-37/h25-31,37-39,41,46,48H,2-24,32-33H2,1H3,(H2,44,49)(H,45,47)/t37?,38-,39+,41-/m0/s1. The largest absolute Gasteiger partial charge is 0.486 e. The molecule has 8 nitrogen and oxygen atoms in total. The Labute approximate surface area is 307 Å². The number of ether oxygens (including phenoxy) is 2. The molecule has 1 aliphatic carbocycles. The molecule has 0 radical (unpaired) electrons. The van der Waals surface area contributed by atoms with E-state index in [1.807, 2.05) is 12.1 Å². The lowest BCUT2D eigenvalue weighted by Gasteiger charge is -2.27. The Bertz CT molecular complexity index is 1110. The molecule has 5 N–H and O–H groups in total. The Balaban J connectivity index is 1.50. The van der Waals surface area contributed by atoms with Gasteiger partial charge < -0.3 is 30.7 Å². The van der Waals surface area contributed by atoms with Crippen LogP contribution in [-0.4, -0.2) is 53.2 Å². The van der Waals surface area contributed by atoms with Crippen molar-refractivity contribution in [3.63, 3.8) is 0 Å². The maximum Gasteiger partial charge on any atom is 0.404 e. The molecule has 2 amide bonds. The van der Waals surface area contributed by atoms with Gasteiger partial charge in [0.15, 0.2) is 0 Å². The topological polar surface area (TPSA) is 131 Å². The van der Waals surface area contributed by atoms with Gasteiger partial charge in [-0.05, 0) is 61.6 Å². The van der Waals surface area contributed by atoms with Crippen LogP contribution in [0.5, 0.6) is 5.75 Å². The molecule has 51 heavy (non-hydrogen) atoms. The fraction of sp³-hybridized carbons (Fsp3) is 0.714. The Morgan fingerprint density at radius 3 is 1.92 bits per heavy atom. The second kappa shape index (κ2) is 28.6. The van der Waals surface area contributed by atoms with Crippen LogP contribution in [0.1, 0.15) is 160 Å². The normalized spacial score (nSPS) is 15.9. The minimum atomic E-state index is -1.25. The summed E-state index contributed by atoms with van der Waals surface area (Å²) in [6.07, 6.45) is 26.8. The van der Waals surface area contributed by atoms with Crippen molar-refractivity contribution in [3.8, 4) is 5.75 Å². The summed E-state index contributed by atoms with van der Waals surface area (Å²) in [4.78, 5) is 23.8. The SMILES string of the molecule is CCCCCCCCCCCCCC[C@@H](O)[C@@H](O)[C@H](COC(N)=O)NC(=O)CCCCCCCCCCc1ccc(OC2C=CC(F)=CC2)cc1. The summed E-state index contributed by atoms with van der Waals surface area (Å²) in [5, 5.41) is 24.1. The van der Waals surface area contributed by atoms with E-state index in [2.05, 4.69) is 24.4 Å². The third-order valence-corrected chi connectivity index (χ3v) is 9.76. The number of carbonyl (C=O) groups is 2. The van der Waals surface area contributed by atoms with E-state index in [4.69, 9.17) is 15.2 Å². The first-order chi connectivity index (χ1) is 24.8. The number of aliphatic hydroxyl groups excluding tert-OH is 2. The van der Waals surface area contributed by atoms with E-state index < -0.39 is 24.3 Å². The number of hydrogen-bond acceptors (Lipinski definition) is 6. The predicted molar refractivity (Wildman–Crippen MR) is 204 cm³/mol. The lowest BCUT2D eigenvalue weighted by Crippen LogP contribution is -2.51. The monoisotopic (exact) mass is 717 g/mol. The molecule has 1 aliphatic rings. The lowest BCUT2D eigenvalue weighted by atomic mass is 9.99. The lowest BCUT2D eigenvalue weighted by molar-refractivity contribution is -0.124. The van der Waals surface area contributed by atoms with Gasteiger partial charge in [-0.3, -0.25) is 4.79 Å². The average Bonchev–Trinajstić information content (AvgIpc) is 3.12. The van der Waals surface area contributed by atoms with Gasteiger partial charge in [-0.15, -0.1) is 0 Å². The number of allylic oxidation sites excluding steroid dienone is 2. The molecule has 0 fully saturated rings. The number of carbonyl (C=O) groups excluding carboxylic acids is 2. The van der Waals surface area contributed by atoms with Gasteiger partial charge in [-0.1, -0.05) is 135 Å². The molecule has 2 rings (SSSR count). The second-order valence-electron chi connectivity index (χ2n) is 14.4. The molecule has 290 valence electrons. The molecule has 1 unspecified atom stereocenters. The zero-order valence-electron chi connectivity index (χ0n) is 31.5. The number of rotatable bonds is 31. The summed E-state index contributed by atoms with van der Waals surface area (Å²) in [6, 6.07) is 7.27. The molecule has 9 heteroatoms. The van der Waals surface area contributed by atoms with Crippen molar-refractivity contribution in [1.29, 1.82) is 0 Å². The summed E-state index contributed by atoms with van der Waals surface area (Å²) < 4.78 is 23.9. The third-order valence-electron chi connectivity index (χ3n) is 9.76. The summed E-state index contributed by atoms with van der Waals surface area (Å²) >= 11 is 0. The van der Waals surface area contributed by atoms with E-state index in [1.54, 1.807) is 12.2 Å². The van der Waals surface area contributed by atoms with Gasteiger partial charge in [-0.2, -0.15) is 0 Å². The van der Waals surface area contributed by atoms with Crippen LogP contribution in [0, 0.1) is 0 Å². The Hall–Kier alpha value is -2.91. The molecule has 0 aliphatic heterocycles. The molecule has 0 spiro atoms. The first-order valence-corrected chi connectivity index (χ1v) is 20.2. The molecule has 0 aromatic heterocycles. The molecule has 1 aromatic carbocycles. The van der Waals surface area contributed by atoms with Crippen LogP contribution in [-0.2, 0) is 16.0 Å². The van der Waals surface area contributed by atoms with Crippen molar-refractivity contribution < 1.29 is 33.7 Å². The van der Waals surface area contributed by atoms with Crippen molar-refractivity contribution in [1.82, 2.24) is 5.32 Å². The van der Waals surface area contributed by atoms with E-state index in [0.717, 1.165) is 63.5 Å². The first kappa shape index (κ1) is 44.3. The Kier molecular flexibility index (Phi) is 24.9. The van der Waals surface area contributed by atoms with E-state index in [-0.39, 0.29) is 24.4 Å². The van der Waals surface area contributed by atoms with Crippen molar-refractivity contribution >= 4 is 12.0 Å². The van der Waals surface area contributed by atoms with E-state index in [9.17, 15) is 24.2 Å². The van der Waals surface area contributed by atoms with Crippen molar-refractivity contribution in [2.75, 3.05) is 6.61 Å². The number of aryl methyl sites for hydroxylation is 1. The van der Waals surface area contributed by atoms with Gasteiger partial charge in [0.05, 0.1) is 12.1 Å². The smallest absolute Gasteiger partial charge is 0.404 e. The third kappa shape index (κ3) is 22.6. The first-order valence-electron chi connectivity index (χ1n) is 20.2. The number of hydrogen-bond donors (Lipinski definition) is 4. The highest BCUT2D eigenvalue weighted by molar-refractivity contribution is 5.76. The molecule has 0 saturated heterocycles. The average molecular weight is 717 g/mol. The fourth-order valence-electron chi connectivity index (χ4n) is 6.56. The number of nitrogens with one attached hydrogen (secondary N) is 1. The van der Waals surface area contributed by atoms with E-state index in [0.29, 0.717) is 19.3 Å². The quantitative estimate of drug-likeness (QED) is 0.0566. The summed E-state index contributed by atoms with van der Waals surface area (Å²) in [6.45, 7) is 1.96. The number of primary amides is 1.